The molecule has 0 aliphatic rings. The molecule has 0 amide bonds. The number of hydrogen-bond donors (Lipinski definition) is 0. The van der Waals surface area contributed by atoms with E-state index in [1.165, 1.54) is 20.1 Å². The maximum absolute atomic E-state index is 11.2. The summed E-state index contributed by atoms with van der Waals surface area (Å²) < 4.78 is 10.5. The molecule has 0 radical (unpaired) electrons. The molecular weight excluding hydrogens is 347 g/mol. The molecule has 4 nitrogen and oxygen atoms in total. The molecular formula is C13H13IO4. The topological polar surface area (TPSA) is 52.6 Å². The Morgan fingerprint density at radius 1 is 1.33 bits per heavy atom. The van der Waals surface area contributed by atoms with Crippen molar-refractivity contribution in [2.75, 3.05) is 11.5 Å². The summed E-state index contributed by atoms with van der Waals surface area (Å²) in [5.74, 6) is 0.451. The Bertz CT molecular complexity index is 480. The molecule has 0 aromatic heterocycles. The van der Waals surface area contributed by atoms with Gasteiger partial charge in [-0.3, -0.25) is 9.59 Å². The monoisotopic (exact) mass is 360 g/mol. The van der Waals surface area contributed by atoms with Crippen LogP contribution in [0.5, 0.6) is 11.5 Å². The van der Waals surface area contributed by atoms with E-state index in [2.05, 4.69) is 0 Å². The second-order valence-electron chi connectivity index (χ2n) is 3.44. The first kappa shape index (κ1) is 14.7. The summed E-state index contributed by atoms with van der Waals surface area (Å²) in [6.45, 7) is 1.33. The third-order valence-corrected chi connectivity index (χ3v) is 2.79. The van der Waals surface area contributed by atoms with Crippen molar-refractivity contribution in [2.45, 2.75) is 6.92 Å². The number of rotatable bonds is 5. The molecule has 18 heavy (non-hydrogen) atoms. The molecule has 1 aromatic carbocycles. The van der Waals surface area contributed by atoms with E-state index >= 15 is 0 Å². The Balaban J connectivity index is 2.94. The Kier molecular flexibility index (Phi) is 5.84. The van der Waals surface area contributed by atoms with Gasteiger partial charge in [0.1, 0.15) is 0 Å². The Morgan fingerprint density at radius 3 is 2.61 bits per heavy atom. The van der Waals surface area contributed by atoms with Crippen molar-refractivity contribution in [2.24, 2.45) is 0 Å². The zero-order valence-electron chi connectivity index (χ0n) is 10.1. The van der Waals surface area contributed by atoms with Crippen LogP contribution in [0.25, 0.3) is 6.08 Å². The van der Waals surface area contributed by atoms with Gasteiger partial charge in [0.2, 0.25) is 0 Å². The second-order valence-corrected chi connectivity index (χ2v) is 4.20. The molecule has 0 fully saturated rings. The summed E-state index contributed by atoms with van der Waals surface area (Å²) in [5.41, 5.74) is 0.806. The molecule has 0 saturated carbocycles. The number of alkyl halides is 1. The predicted octanol–water partition coefficient (Wildman–Crippen LogP) is 2.64. The van der Waals surface area contributed by atoms with Gasteiger partial charge < -0.3 is 9.47 Å². The fraction of sp³-hybridized carbons (Fsp3) is 0.231. The Morgan fingerprint density at radius 2 is 2.06 bits per heavy atom. The number of esters is 1. The highest BCUT2D eigenvalue weighted by molar-refractivity contribution is 14.1. The number of methoxy groups -OCH3 is 1. The van der Waals surface area contributed by atoms with E-state index in [-0.39, 0.29) is 5.78 Å². The zero-order chi connectivity index (χ0) is 13.5. The average Bonchev–Trinajstić information content (AvgIpc) is 2.36. The van der Waals surface area contributed by atoms with E-state index in [1.54, 1.807) is 24.3 Å². The van der Waals surface area contributed by atoms with Crippen molar-refractivity contribution in [1.82, 2.24) is 0 Å². The van der Waals surface area contributed by atoms with Gasteiger partial charge in [-0.2, -0.15) is 0 Å². The highest BCUT2D eigenvalue weighted by Gasteiger charge is 2.07. The second kappa shape index (κ2) is 7.15. The van der Waals surface area contributed by atoms with Crippen LogP contribution in [0.1, 0.15) is 12.5 Å². The van der Waals surface area contributed by atoms with Gasteiger partial charge in [0.05, 0.1) is 11.5 Å². The van der Waals surface area contributed by atoms with Crippen molar-refractivity contribution in [3.05, 3.63) is 29.8 Å². The van der Waals surface area contributed by atoms with Gasteiger partial charge in [0, 0.05) is 6.92 Å². The maximum Gasteiger partial charge on any atom is 0.308 e. The van der Waals surface area contributed by atoms with Crippen LogP contribution in [0.3, 0.4) is 0 Å². The SMILES string of the molecule is COc1cc(/C=C/C(=O)CI)ccc1OC(C)=O. The Labute approximate surface area is 119 Å². The predicted molar refractivity (Wildman–Crippen MR) is 77.2 cm³/mol. The molecule has 0 bridgehead atoms. The van der Waals surface area contributed by atoms with Gasteiger partial charge in [0.15, 0.2) is 17.3 Å². The first-order valence-electron chi connectivity index (χ1n) is 5.20. The van der Waals surface area contributed by atoms with Crippen molar-refractivity contribution < 1.29 is 19.1 Å². The maximum atomic E-state index is 11.2. The number of carbonyl (C=O) groups excluding carboxylic acids is 2. The number of hydrogen-bond acceptors (Lipinski definition) is 4. The number of halogens is 1. The third-order valence-electron chi connectivity index (χ3n) is 2.03. The van der Waals surface area contributed by atoms with Crippen molar-refractivity contribution >= 4 is 40.4 Å². The fourth-order valence-corrected chi connectivity index (χ4v) is 1.51. The number of ether oxygens (including phenoxy) is 2. The summed E-state index contributed by atoms with van der Waals surface area (Å²) in [6, 6.07) is 5.08. The molecule has 5 heteroatoms. The molecule has 0 heterocycles. The van der Waals surface area contributed by atoms with Gasteiger partial charge in [0.25, 0.3) is 0 Å². The number of benzene rings is 1. The summed E-state index contributed by atoms with van der Waals surface area (Å²) in [7, 11) is 1.49. The van der Waals surface area contributed by atoms with Gasteiger partial charge in [-0.25, -0.2) is 0 Å². The number of ketones is 1. The van der Waals surface area contributed by atoms with E-state index in [0.29, 0.717) is 15.9 Å². The molecule has 0 aliphatic carbocycles. The van der Waals surface area contributed by atoms with Crippen LogP contribution >= 0.6 is 22.6 Å². The van der Waals surface area contributed by atoms with E-state index in [4.69, 9.17) is 9.47 Å². The summed E-state index contributed by atoms with van der Waals surface area (Å²) in [4.78, 5) is 22.0. The highest BCUT2D eigenvalue weighted by atomic mass is 127. The summed E-state index contributed by atoms with van der Waals surface area (Å²) >= 11 is 2.01. The van der Waals surface area contributed by atoms with Crippen LogP contribution in [0.15, 0.2) is 24.3 Å². The minimum atomic E-state index is -0.406. The van der Waals surface area contributed by atoms with E-state index < -0.39 is 5.97 Å². The van der Waals surface area contributed by atoms with Crippen LogP contribution in [0.4, 0.5) is 0 Å². The van der Waals surface area contributed by atoms with E-state index in [9.17, 15) is 9.59 Å². The molecule has 0 unspecified atom stereocenters. The molecule has 1 rings (SSSR count). The van der Waals surface area contributed by atoms with Crippen LogP contribution in [0, 0.1) is 0 Å². The quantitative estimate of drug-likeness (QED) is 0.266. The number of allylic oxidation sites excluding steroid dienone is 1. The lowest BCUT2D eigenvalue weighted by molar-refractivity contribution is -0.132. The zero-order valence-corrected chi connectivity index (χ0v) is 12.3. The molecule has 0 aliphatic heterocycles. The minimum absolute atomic E-state index is 0.0404. The molecule has 0 N–H and O–H groups in total. The van der Waals surface area contributed by atoms with Gasteiger partial charge in [-0.1, -0.05) is 34.7 Å². The molecule has 96 valence electrons. The van der Waals surface area contributed by atoms with Gasteiger partial charge in [-0.05, 0) is 23.8 Å². The fourth-order valence-electron chi connectivity index (χ4n) is 1.26. The van der Waals surface area contributed by atoms with E-state index in [1.807, 2.05) is 22.6 Å². The van der Waals surface area contributed by atoms with E-state index in [0.717, 1.165) is 5.56 Å². The van der Waals surface area contributed by atoms with Gasteiger partial charge >= 0.3 is 5.97 Å². The summed E-state index contributed by atoms with van der Waals surface area (Å²) in [6.07, 6.45) is 3.20. The smallest absolute Gasteiger partial charge is 0.308 e. The van der Waals surface area contributed by atoms with Crippen molar-refractivity contribution in [1.29, 1.82) is 0 Å². The lowest BCUT2D eigenvalue weighted by Crippen LogP contribution is -2.03. The largest absolute Gasteiger partial charge is 0.493 e. The van der Waals surface area contributed by atoms with Crippen molar-refractivity contribution in [3.63, 3.8) is 0 Å². The Hall–Kier alpha value is -1.37. The van der Waals surface area contributed by atoms with Crippen LogP contribution in [-0.2, 0) is 9.59 Å². The van der Waals surface area contributed by atoms with Crippen LogP contribution in [-0.4, -0.2) is 23.3 Å². The molecule has 0 atom stereocenters. The average molecular weight is 360 g/mol. The van der Waals surface area contributed by atoms with Crippen molar-refractivity contribution in [3.8, 4) is 11.5 Å². The first-order valence-corrected chi connectivity index (χ1v) is 6.72. The normalized spacial score (nSPS) is 10.4. The molecule has 0 spiro atoms. The lowest BCUT2D eigenvalue weighted by atomic mass is 10.2. The third kappa shape index (κ3) is 4.48. The van der Waals surface area contributed by atoms with Gasteiger partial charge in [-0.15, -0.1) is 0 Å². The standard InChI is InChI=1S/C13H13IO4/c1-9(15)18-12-6-4-10(7-13(12)17-2)3-5-11(16)8-14/h3-7H,8H2,1-2H3/b5-3+. The lowest BCUT2D eigenvalue weighted by Gasteiger charge is -2.08. The van der Waals surface area contributed by atoms with Crippen LogP contribution < -0.4 is 9.47 Å². The summed E-state index contributed by atoms with van der Waals surface area (Å²) in [5, 5.41) is 0. The highest BCUT2D eigenvalue weighted by Crippen LogP contribution is 2.28. The molecule has 0 saturated heterocycles. The molecule has 1 aromatic rings. The van der Waals surface area contributed by atoms with Crippen LogP contribution in [0.2, 0.25) is 0 Å². The first-order chi connectivity index (χ1) is 8.56. The number of carbonyl (C=O) groups is 2. The minimum Gasteiger partial charge on any atom is -0.493 e.